The third-order valence-electron chi connectivity index (χ3n) is 5.43. The quantitative estimate of drug-likeness (QED) is 0.139. The summed E-state index contributed by atoms with van der Waals surface area (Å²) < 4.78 is 0. The topological polar surface area (TPSA) is 74.6 Å². The summed E-state index contributed by atoms with van der Waals surface area (Å²) in [7, 11) is 0. The predicted molar refractivity (Wildman–Crippen MR) is 107 cm³/mol. The molecule has 4 heteroatoms. The first-order valence-electron chi connectivity index (χ1n) is 10.6. The molecule has 2 N–H and O–H groups in total. The average Bonchev–Trinajstić information content (AvgIpc) is 2.60. The Labute approximate surface area is 160 Å². The molecule has 4 nitrogen and oxygen atoms in total. The van der Waals surface area contributed by atoms with Crippen LogP contribution in [0.4, 0.5) is 0 Å². The Hall–Kier alpha value is -1.32. The molecule has 0 bridgehead atoms. The number of hydrogen-bond donors (Lipinski definition) is 2. The minimum absolute atomic E-state index is 0.275. The van der Waals surface area contributed by atoms with Crippen LogP contribution in [0.5, 0.6) is 0 Å². The van der Waals surface area contributed by atoms with Gasteiger partial charge in [-0.15, -0.1) is 0 Å². The second-order valence-electron chi connectivity index (χ2n) is 7.51. The SMILES string of the molecule is CCCCCC(CCCC)(CCCC)C(CCCC)=C(C(=O)O)C(=O)O. The Morgan fingerprint density at radius 3 is 1.46 bits per heavy atom. The zero-order valence-corrected chi connectivity index (χ0v) is 17.4. The van der Waals surface area contributed by atoms with E-state index in [1.165, 1.54) is 0 Å². The van der Waals surface area contributed by atoms with Crippen molar-refractivity contribution in [1.82, 2.24) is 0 Å². The van der Waals surface area contributed by atoms with E-state index in [0.717, 1.165) is 77.0 Å². The van der Waals surface area contributed by atoms with Gasteiger partial charge in [0.15, 0.2) is 0 Å². The van der Waals surface area contributed by atoms with E-state index >= 15 is 0 Å². The number of unbranched alkanes of at least 4 members (excludes halogenated alkanes) is 5. The summed E-state index contributed by atoms with van der Waals surface area (Å²) in [6, 6.07) is 0. The first-order valence-corrected chi connectivity index (χ1v) is 10.6. The monoisotopic (exact) mass is 368 g/mol. The molecule has 26 heavy (non-hydrogen) atoms. The first kappa shape index (κ1) is 24.7. The highest BCUT2D eigenvalue weighted by Crippen LogP contribution is 2.46. The van der Waals surface area contributed by atoms with Gasteiger partial charge in [0, 0.05) is 0 Å². The molecule has 0 atom stereocenters. The van der Waals surface area contributed by atoms with Gasteiger partial charge in [0.05, 0.1) is 0 Å². The summed E-state index contributed by atoms with van der Waals surface area (Å²) in [5.74, 6) is -2.56. The van der Waals surface area contributed by atoms with Crippen molar-refractivity contribution in [2.24, 2.45) is 5.41 Å². The minimum atomic E-state index is -1.28. The average molecular weight is 369 g/mol. The van der Waals surface area contributed by atoms with Gasteiger partial charge in [-0.2, -0.15) is 0 Å². The van der Waals surface area contributed by atoms with Crippen LogP contribution >= 0.6 is 0 Å². The number of carbonyl (C=O) groups is 2. The maximum atomic E-state index is 11.8. The molecular formula is C22H40O4. The zero-order valence-electron chi connectivity index (χ0n) is 17.4. The number of carboxylic acids is 2. The number of hydrogen-bond acceptors (Lipinski definition) is 2. The van der Waals surface area contributed by atoms with Crippen LogP contribution in [0.25, 0.3) is 0 Å². The molecule has 0 saturated heterocycles. The van der Waals surface area contributed by atoms with Crippen molar-refractivity contribution in [3.63, 3.8) is 0 Å². The summed E-state index contributed by atoms with van der Waals surface area (Å²) in [5.41, 5.74) is 0.0714. The van der Waals surface area contributed by atoms with Crippen LogP contribution in [0.15, 0.2) is 11.1 Å². The van der Waals surface area contributed by atoms with Gasteiger partial charge < -0.3 is 10.2 Å². The van der Waals surface area contributed by atoms with Crippen LogP contribution in [-0.2, 0) is 9.59 Å². The molecule has 0 aromatic rings. The van der Waals surface area contributed by atoms with Crippen molar-refractivity contribution < 1.29 is 19.8 Å². The van der Waals surface area contributed by atoms with E-state index in [1.807, 2.05) is 0 Å². The third kappa shape index (κ3) is 7.92. The summed E-state index contributed by atoms with van der Waals surface area (Å²) >= 11 is 0. The molecule has 0 radical (unpaired) electrons. The molecule has 0 aliphatic carbocycles. The van der Waals surface area contributed by atoms with Gasteiger partial charge in [0.1, 0.15) is 5.57 Å². The summed E-state index contributed by atoms with van der Waals surface area (Å²) in [6.45, 7) is 8.51. The summed E-state index contributed by atoms with van der Waals surface area (Å²) in [6.07, 6.45) is 12.4. The van der Waals surface area contributed by atoms with Crippen LogP contribution < -0.4 is 0 Å². The molecule has 0 rings (SSSR count). The Kier molecular flexibility index (Phi) is 13.1. The fourth-order valence-electron chi connectivity index (χ4n) is 3.93. The van der Waals surface area contributed by atoms with Crippen LogP contribution in [0.3, 0.4) is 0 Å². The molecule has 0 aromatic heterocycles. The highest BCUT2D eigenvalue weighted by atomic mass is 16.4. The fourth-order valence-corrected chi connectivity index (χ4v) is 3.93. The van der Waals surface area contributed by atoms with Crippen molar-refractivity contribution in [2.75, 3.05) is 0 Å². The smallest absolute Gasteiger partial charge is 0.343 e. The van der Waals surface area contributed by atoms with E-state index in [1.54, 1.807) is 0 Å². The zero-order chi connectivity index (χ0) is 20.0. The largest absolute Gasteiger partial charge is 0.477 e. The highest BCUT2D eigenvalue weighted by molar-refractivity contribution is 6.13. The van der Waals surface area contributed by atoms with Gasteiger partial charge >= 0.3 is 11.9 Å². The number of aliphatic carboxylic acids is 2. The molecular weight excluding hydrogens is 328 g/mol. The first-order chi connectivity index (χ1) is 12.4. The second-order valence-corrected chi connectivity index (χ2v) is 7.51. The van der Waals surface area contributed by atoms with Gasteiger partial charge in [0.25, 0.3) is 0 Å². The lowest BCUT2D eigenvalue weighted by atomic mass is 9.66. The maximum absolute atomic E-state index is 11.8. The van der Waals surface area contributed by atoms with Crippen LogP contribution in [0.1, 0.15) is 111 Å². The molecule has 0 fully saturated rings. The molecule has 0 aliphatic rings. The number of rotatable bonds is 16. The predicted octanol–water partition coefficient (Wildman–Crippen LogP) is 6.59. The van der Waals surface area contributed by atoms with Gasteiger partial charge in [-0.05, 0) is 43.1 Å². The normalized spacial score (nSPS) is 11.4. The van der Waals surface area contributed by atoms with E-state index in [4.69, 9.17) is 0 Å². The van der Waals surface area contributed by atoms with Crippen molar-refractivity contribution in [3.8, 4) is 0 Å². The van der Waals surface area contributed by atoms with Crippen molar-refractivity contribution in [2.45, 2.75) is 111 Å². The standard InChI is InChI=1S/C22H40O4/c1-5-9-13-17-22(15-11-7-3,16-12-8-4)18(14-10-6-2)19(20(23)24)21(25)26/h5-17H2,1-4H3,(H,23,24)(H,25,26). The Bertz CT molecular complexity index is 427. The van der Waals surface area contributed by atoms with E-state index in [2.05, 4.69) is 27.7 Å². The molecule has 0 aromatic carbocycles. The third-order valence-corrected chi connectivity index (χ3v) is 5.43. The van der Waals surface area contributed by atoms with E-state index < -0.39 is 11.9 Å². The number of allylic oxidation sites excluding steroid dienone is 1. The van der Waals surface area contributed by atoms with Crippen LogP contribution in [-0.4, -0.2) is 22.2 Å². The number of carboxylic acid groups (broad SMARTS) is 2. The second kappa shape index (κ2) is 13.8. The highest BCUT2D eigenvalue weighted by Gasteiger charge is 2.37. The van der Waals surface area contributed by atoms with Gasteiger partial charge in [-0.25, -0.2) is 9.59 Å². The van der Waals surface area contributed by atoms with E-state index in [-0.39, 0.29) is 11.0 Å². The van der Waals surface area contributed by atoms with Gasteiger partial charge in [-0.1, -0.05) is 79.1 Å². The Morgan fingerprint density at radius 1 is 0.654 bits per heavy atom. The molecule has 0 spiro atoms. The van der Waals surface area contributed by atoms with Crippen molar-refractivity contribution in [1.29, 1.82) is 0 Å². The molecule has 152 valence electrons. The van der Waals surface area contributed by atoms with Gasteiger partial charge in [-0.3, -0.25) is 0 Å². The lowest BCUT2D eigenvalue weighted by Gasteiger charge is -2.38. The molecule has 0 saturated carbocycles. The molecule has 0 amide bonds. The lowest BCUT2D eigenvalue weighted by molar-refractivity contribution is -0.140. The van der Waals surface area contributed by atoms with Crippen LogP contribution in [0.2, 0.25) is 0 Å². The lowest BCUT2D eigenvalue weighted by Crippen LogP contribution is -2.29. The molecule has 0 aliphatic heterocycles. The summed E-state index contributed by atoms with van der Waals surface area (Å²) in [5, 5.41) is 19.3. The maximum Gasteiger partial charge on any atom is 0.343 e. The van der Waals surface area contributed by atoms with Crippen molar-refractivity contribution >= 4 is 11.9 Å². The van der Waals surface area contributed by atoms with Crippen LogP contribution in [0, 0.1) is 5.41 Å². The van der Waals surface area contributed by atoms with E-state index in [9.17, 15) is 19.8 Å². The molecule has 0 heterocycles. The fraction of sp³-hybridized carbons (Fsp3) is 0.818. The Morgan fingerprint density at radius 2 is 1.08 bits per heavy atom. The van der Waals surface area contributed by atoms with Crippen molar-refractivity contribution in [3.05, 3.63) is 11.1 Å². The van der Waals surface area contributed by atoms with Gasteiger partial charge in [0.2, 0.25) is 0 Å². The Balaban J connectivity index is 6.25. The minimum Gasteiger partial charge on any atom is -0.477 e. The summed E-state index contributed by atoms with van der Waals surface area (Å²) in [4.78, 5) is 23.7. The molecule has 0 unspecified atom stereocenters. The van der Waals surface area contributed by atoms with E-state index in [0.29, 0.717) is 12.0 Å².